The molecule has 88 valence electrons. The summed E-state index contributed by atoms with van der Waals surface area (Å²) in [4.78, 5) is 13.7. The van der Waals surface area contributed by atoms with Crippen LogP contribution < -0.4 is 5.32 Å². The van der Waals surface area contributed by atoms with Gasteiger partial charge >= 0.3 is 0 Å². The summed E-state index contributed by atoms with van der Waals surface area (Å²) < 4.78 is 11.3. The molecule has 1 amide bonds. The molecule has 1 saturated heterocycles. The van der Waals surface area contributed by atoms with Crippen molar-refractivity contribution < 1.29 is 9.00 Å². The van der Waals surface area contributed by atoms with Gasteiger partial charge in [-0.05, 0) is 19.9 Å². The van der Waals surface area contributed by atoms with Crippen molar-refractivity contribution in [1.29, 1.82) is 0 Å². The summed E-state index contributed by atoms with van der Waals surface area (Å²) in [5, 5.41) is 3.02. The number of rotatable bonds is 5. The van der Waals surface area contributed by atoms with Gasteiger partial charge in [0.25, 0.3) is 0 Å². The molecule has 0 aromatic rings. The van der Waals surface area contributed by atoms with Crippen molar-refractivity contribution in [3.8, 4) is 0 Å². The van der Waals surface area contributed by atoms with Crippen LogP contribution in [0.15, 0.2) is 0 Å². The van der Waals surface area contributed by atoms with Crippen molar-refractivity contribution in [3.05, 3.63) is 0 Å². The third-order valence-electron chi connectivity index (χ3n) is 2.79. The lowest BCUT2D eigenvalue weighted by atomic mass is 10.1. The second kappa shape index (κ2) is 6.23. The largest absolute Gasteiger partial charge is 0.340 e. The summed E-state index contributed by atoms with van der Waals surface area (Å²) in [6.07, 6.45) is 1.96. The average molecular weight is 232 g/mol. The van der Waals surface area contributed by atoms with Crippen molar-refractivity contribution in [3.63, 3.8) is 0 Å². The number of hydrogen-bond donors (Lipinski definition) is 1. The first-order valence-corrected chi connectivity index (χ1v) is 6.98. The second-order valence-corrected chi connectivity index (χ2v) is 5.61. The van der Waals surface area contributed by atoms with Gasteiger partial charge in [0.2, 0.25) is 5.91 Å². The minimum atomic E-state index is -0.771. The quantitative estimate of drug-likeness (QED) is 0.724. The summed E-state index contributed by atoms with van der Waals surface area (Å²) in [7, 11) is 1.04. The lowest BCUT2D eigenvalue weighted by Crippen LogP contribution is -2.50. The van der Waals surface area contributed by atoms with Gasteiger partial charge in [0, 0.05) is 35.4 Å². The summed E-state index contributed by atoms with van der Waals surface area (Å²) in [6.45, 7) is 3.36. The maximum Gasteiger partial charge on any atom is 0.239 e. The van der Waals surface area contributed by atoms with Crippen LogP contribution in [0.3, 0.4) is 0 Å². The second-order valence-electron chi connectivity index (χ2n) is 3.74. The molecule has 0 radical (unpaired) electrons. The van der Waals surface area contributed by atoms with E-state index in [4.69, 9.17) is 0 Å². The topological polar surface area (TPSA) is 49.4 Å². The first kappa shape index (κ1) is 12.6. The van der Waals surface area contributed by atoms with Crippen LogP contribution in [0, 0.1) is 0 Å². The van der Waals surface area contributed by atoms with Gasteiger partial charge in [-0.25, -0.2) is 0 Å². The molecule has 1 fully saturated rings. The summed E-state index contributed by atoms with van der Waals surface area (Å²) in [5.74, 6) is 1.45. The maximum absolute atomic E-state index is 11.8. The van der Waals surface area contributed by atoms with E-state index in [1.165, 1.54) is 0 Å². The summed E-state index contributed by atoms with van der Waals surface area (Å²) in [5.41, 5.74) is 0. The number of piperidine rings is 1. The summed E-state index contributed by atoms with van der Waals surface area (Å²) >= 11 is 0. The lowest BCUT2D eigenvalue weighted by Gasteiger charge is -2.31. The van der Waals surface area contributed by atoms with Crippen molar-refractivity contribution in [2.24, 2.45) is 0 Å². The van der Waals surface area contributed by atoms with E-state index >= 15 is 0 Å². The average Bonchev–Trinajstić information content (AvgIpc) is 2.27. The Morgan fingerprint density at radius 1 is 1.60 bits per heavy atom. The SMILES string of the molecule is CCS(=O)CCN1CCCC(NC)C1=O. The molecule has 0 aliphatic carbocycles. The highest BCUT2D eigenvalue weighted by atomic mass is 32.2. The van der Waals surface area contributed by atoms with Gasteiger partial charge in [-0.15, -0.1) is 0 Å². The lowest BCUT2D eigenvalue weighted by molar-refractivity contribution is -0.135. The van der Waals surface area contributed by atoms with Gasteiger partial charge in [-0.1, -0.05) is 6.92 Å². The van der Waals surface area contributed by atoms with Crippen molar-refractivity contribution in [2.75, 3.05) is 31.6 Å². The summed E-state index contributed by atoms with van der Waals surface area (Å²) in [6, 6.07) is -0.0335. The molecule has 1 aliphatic rings. The third-order valence-corrected chi connectivity index (χ3v) is 4.07. The molecule has 4 nitrogen and oxygen atoms in total. The molecule has 0 spiro atoms. The fraction of sp³-hybridized carbons (Fsp3) is 0.900. The highest BCUT2D eigenvalue weighted by Crippen LogP contribution is 2.11. The molecule has 0 aromatic carbocycles. The van der Waals surface area contributed by atoms with Gasteiger partial charge < -0.3 is 10.2 Å². The van der Waals surface area contributed by atoms with E-state index < -0.39 is 10.8 Å². The van der Waals surface area contributed by atoms with Crippen LogP contribution in [0.4, 0.5) is 0 Å². The zero-order valence-electron chi connectivity index (χ0n) is 9.49. The predicted molar refractivity (Wildman–Crippen MR) is 62.2 cm³/mol. The fourth-order valence-electron chi connectivity index (χ4n) is 1.79. The highest BCUT2D eigenvalue weighted by Gasteiger charge is 2.26. The Bertz CT molecular complexity index is 246. The van der Waals surface area contributed by atoms with Crippen LogP contribution in [0.2, 0.25) is 0 Å². The highest BCUT2D eigenvalue weighted by molar-refractivity contribution is 7.84. The van der Waals surface area contributed by atoms with E-state index in [2.05, 4.69) is 5.32 Å². The molecule has 1 rings (SSSR count). The molecule has 1 N–H and O–H groups in total. The third kappa shape index (κ3) is 3.57. The Balaban J connectivity index is 2.40. The molecule has 2 atom stereocenters. The van der Waals surface area contributed by atoms with Gasteiger partial charge in [0.05, 0.1) is 6.04 Å². The van der Waals surface area contributed by atoms with E-state index in [1.54, 1.807) is 0 Å². The maximum atomic E-state index is 11.8. The molecule has 5 heteroatoms. The smallest absolute Gasteiger partial charge is 0.239 e. The molecule has 1 aliphatic heterocycles. The van der Waals surface area contributed by atoms with Crippen LogP contribution in [0.5, 0.6) is 0 Å². The minimum Gasteiger partial charge on any atom is -0.340 e. The molecular weight excluding hydrogens is 212 g/mol. The number of likely N-dealkylation sites (tertiary alicyclic amines) is 1. The monoisotopic (exact) mass is 232 g/mol. The van der Waals surface area contributed by atoms with E-state index in [-0.39, 0.29) is 11.9 Å². The molecule has 2 unspecified atom stereocenters. The van der Waals surface area contributed by atoms with E-state index in [0.29, 0.717) is 18.1 Å². The van der Waals surface area contributed by atoms with Crippen LogP contribution in [0.25, 0.3) is 0 Å². The standard InChI is InChI=1S/C10H20N2O2S/c1-3-15(14)8-7-12-6-4-5-9(11-2)10(12)13/h9,11H,3-8H2,1-2H3. The molecule has 0 aromatic heterocycles. The van der Waals surface area contributed by atoms with Crippen LogP contribution in [-0.2, 0) is 15.6 Å². The number of nitrogens with one attached hydrogen (secondary N) is 1. The number of hydrogen-bond acceptors (Lipinski definition) is 3. The Hall–Kier alpha value is -0.420. The van der Waals surface area contributed by atoms with E-state index in [9.17, 15) is 9.00 Å². The van der Waals surface area contributed by atoms with Crippen molar-refractivity contribution in [1.82, 2.24) is 10.2 Å². The fourth-order valence-corrected chi connectivity index (χ4v) is 2.50. The van der Waals surface area contributed by atoms with Crippen LogP contribution in [-0.4, -0.2) is 52.7 Å². The number of nitrogens with zero attached hydrogens (tertiary/aromatic N) is 1. The molecular formula is C10H20N2O2S. The first-order valence-electron chi connectivity index (χ1n) is 5.50. The number of carbonyl (C=O) groups is 1. The molecule has 0 bridgehead atoms. The Morgan fingerprint density at radius 2 is 2.33 bits per heavy atom. The molecule has 0 saturated carbocycles. The first-order chi connectivity index (χ1) is 7.19. The minimum absolute atomic E-state index is 0.0335. The van der Waals surface area contributed by atoms with Gasteiger partial charge in [0.1, 0.15) is 0 Å². The molecule has 15 heavy (non-hydrogen) atoms. The van der Waals surface area contributed by atoms with Crippen molar-refractivity contribution in [2.45, 2.75) is 25.8 Å². The van der Waals surface area contributed by atoms with Crippen molar-refractivity contribution >= 4 is 16.7 Å². The van der Waals surface area contributed by atoms with Gasteiger partial charge in [-0.3, -0.25) is 9.00 Å². The van der Waals surface area contributed by atoms with Gasteiger partial charge in [-0.2, -0.15) is 0 Å². The van der Waals surface area contributed by atoms with E-state index in [1.807, 2.05) is 18.9 Å². The van der Waals surface area contributed by atoms with Crippen LogP contribution in [0.1, 0.15) is 19.8 Å². The van der Waals surface area contributed by atoms with Crippen LogP contribution >= 0.6 is 0 Å². The Kier molecular flexibility index (Phi) is 5.25. The number of amides is 1. The zero-order chi connectivity index (χ0) is 11.3. The van der Waals surface area contributed by atoms with E-state index in [0.717, 1.165) is 19.4 Å². The normalized spacial score (nSPS) is 24.3. The Morgan fingerprint density at radius 3 is 2.93 bits per heavy atom. The molecule has 1 heterocycles. The zero-order valence-corrected chi connectivity index (χ0v) is 10.3. The predicted octanol–water partition coefficient (Wildman–Crippen LogP) is -0.0346. The number of likely N-dealkylation sites (N-methyl/N-ethyl adjacent to an activating group) is 1. The Labute approximate surface area is 93.9 Å². The number of carbonyl (C=O) groups excluding carboxylic acids is 1. The van der Waals surface area contributed by atoms with Gasteiger partial charge in [0.15, 0.2) is 0 Å².